The molecule has 0 unspecified atom stereocenters. The van der Waals surface area contributed by atoms with Gasteiger partial charge in [-0.05, 0) is 32.4 Å². The molecule has 4 heteroatoms. The molecule has 0 aromatic carbocycles. The Kier molecular flexibility index (Phi) is 4.78. The first-order chi connectivity index (χ1) is 6.34. The predicted molar refractivity (Wildman–Crippen MR) is 52.3 cm³/mol. The Labute approximate surface area is 79.3 Å². The molecular weight excluding hydrogens is 166 g/mol. The van der Waals surface area contributed by atoms with Gasteiger partial charge in [-0.2, -0.15) is 0 Å². The Balaban J connectivity index is 2.13. The van der Waals surface area contributed by atoms with Crippen molar-refractivity contribution in [2.24, 2.45) is 5.73 Å². The summed E-state index contributed by atoms with van der Waals surface area (Å²) in [4.78, 5) is 11.5. The molecule has 4 nitrogen and oxygen atoms in total. The highest BCUT2D eigenvalue weighted by atomic mass is 16.2. The van der Waals surface area contributed by atoms with Crippen LogP contribution in [0, 0.1) is 0 Å². The van der Waals surface area contributed by atoms with E-state index in [0.717, 1.165) is 25.8 Å². The molecule has 0 aliphatic carbocycles. The van der Waals surface area contributed by atoms with E-state index in [9.17, 15) is 4.79 Å². The van der Waals surface area contributed by atoms with Gasteiger partial charge in [0.1, 0.15) is 0 Å². The standard InChI is InChI=1S/C9H19N3O/c10-5-3-7-12-9(13)8-4-1-2-6-11-8/h8,11H,1-7,10H2,(H,12,13)/t8-/m0/s1. The van der Waals surface area contributed by atoms with E-state index in [1.54, 1.807) is 0 Å². The van der Waals surface area contributed by atoms with E-state index in [2.05, 4.69) is 10.6 Å². The van der Waals surface area contributed by atoms with Crippen LogP contribution in [0.25, 0.3) is 0 Å². The van der Waals surface area contributed by atoms with Crippen LogP contribution >= 0.6 is 0 Å². The fourth-order valence-corrected chi connectivity index (χ4v) is 1.51. The molecule has 0 spiro atoms. The molecule has 1 heterocycles. The summed E-state index contributed by atoms with van der Waals surface area (Å²) in [6, 6.07) is 0.0338. The van der Waals surface area contributed by atoms with Crippen LogP contribution < -0.4 is 16.4 Å². The number of hydrogen-bond donors (Lipinski definition) is 3. The highest BCUT2D eigenvalue weighted by Crippen LogP contribution is 2.06. The zero-order valence-electron chi connectivity index (χ0n) is 8.01. The summed E-state index contributed by atoms with van der Waals surface area (Å²) in [5.74, 6) is 0.133. The summed E-state index contributed by atoms with van der Waals surface area (Å²) in [6.45, 7) is 2.31. The molecule has 1 fully saturated rings. The van der Waals surface area contributed by atoms with Gasteiger partial charge in [-0.1, -0.05) is 6.42 Å². The first kappa shape index (κ1) is 10.5. The molecule has 0 radical (unpaired) electrons. The topological polar surface area (TPSA) is 67.1 Å². The third-order valence-electron chi connectivity index (χ3n) is 2.31. The van der Waals surface area contributed by atoms with Crippen molar-refractivity contribution in [3.63, 3.8) is 0 Å². The number of nitrogens with one attached hydrogen (secondary N) is 2. The van der Waals surface area contributed by atoms with Crippen molar-refractivity contribution in [1.29, 1.82) is 0 Å². The van der Waals surface area contributed by atoms with Gasteiger partial charge in [0.25, 0.3) is 0 Å². The second-order valence-corrected chi connectivity index (χ2v) is 3.44. The highest BCUT2D eigenvalue weighted by molar-refractivity contribution is 5.81. The van der Waals surface area contributed by atoms with Crippen molar-refractivity contribution in [1.82, 2.24) is 10.6 Å². The molecule has 1 atom stereocenters. The fourth-order valence-electron chi connectivity index (χ4n) is 1.51. The number of rotatable bonds is 4. The second kappa shape index (κ2) is 5.94. The van der Waals surface area contributed by atoms with E-state index in [1.807, 2.05) is 0 Å². The van der Waals surface area contributed by atoms with Gasteiger partial charge in [-0.15, -0.1) is 0 Å². The van der Waals surface area contributed by atoms with Crippen molar-refractivity contribution in [2.45, 2.75) is 31.7 Å². The summed E-state index contributed by atoms with van der Waals surface area (Å²) in [5.41, 5.74) is 5.33. The highest BCUT2D eigenvalue weighted by Gasteiger charge is 2.19. The number of carbonyl (C=O) groups excluding carboxylic acids is 1. The van der Waals surface area contributed by atoms with E-state index in [-0.39, 0.29) is 11.9 Å². The number of hydrogen-bond acceptors (Lipinski definition) is 3. The van der Waals surface area contributed by atoms with Gasteiger partial charge in [0.2, 0.25) is 5.91 Å². The average Bonchev–Trinajstić information content (AvgIpc) is 2.19. The van der Waals surface area contributed by atoms with Crippen LogP contribution in [0.3, 0.4) is 0 Å². The Hall–Kier alpha value is -0.610. The van der Waals surface area contributed by atoms with Crippen molar-refractivity contribution >= 4 is 5.91 Å². The second-order valence-electron chi connectivity index (χ2n) is 3.44. The van der Waals surface area contributed by atoms with E-state index >= 15 is 0 Å². The Morgan fingerprint density at radius 1 is 1.54 bits per heavy atom. The maximum absolute atomic E-state index is 11.5. The lowest BCUT2D eigenvalue weighted by Gasteiger charge is -2.22. The van der Waals surface area contributed by atoms with Crippen LogP contribution in [0.5, 0.6) is 0 Å². The van der Waals surface area contributed by atoms with Gasteiger partial charge >= 0.3 is 0 Å². The molecule has 1 aliphatic heterocycles. The van der Waals surface area contributed by atoms with Gasteiger partial charge in [0.15, 0.2) is 0 Å². The lowest BCUT2D eigenvalue weighted by Crippen LogP contribution is -2.46. The SMILES string of the molecule is NCCCNC(=O)[C@@H]1CCCCN1. The minimum Gasteiger partial charge on any atom is -0.355 e. The van der Waals surface area contributed by atoms with E-state index in [4.69, 9.17) is 5.73 Å². The molecule has 76 valence electrons. The third kappa shape index (κ3) is 3.74. The van der Waals surface area contributed by atoms with Gasteiger partial charge < -0.3 is 16.4 Å². The summed E-state index contributed by atoms with van der Waals surface area (Å²) in [5, 5.41) is 6.07. The molecule has 1 amide bonds. The monoisotopic (exact) mass is 185 g/mol. The van der Waals surface area contributed by atoms with Crippen LogP contribution in [0.1, 0.15) is 25.7 Å². The Morgan fingerprint density at radius 3 is 3.00 bits per heavy atom. The predicted octanol–water partition coefficient (Wildman–Crippen LogP) is -0.406. The van der Waals surface area contributed by atoms with Gasteiger partial charge in [0.05, 0.1) is 6.04 Å². The maximum Gasteiger partial charge on any atom is 0.237 e. The molecule has 0 saturated carbocycles. The molecule has 4 N–H and O–H groups in total. The Bertz CT molecular complexity index is 155. The molecule has 1 rings (SSSR count). The summed E-state index contributed by atoms with van der Waals surface area (Å²) >= 11 is 0. The number of piperidine rings is 1. The van der Waals surface area contributed by atoms with Crippen molar-refractivity contribution in [2.75, 3.05) is 19.6 Å². The van der Waals surface area contributed by atoms with E-state index < -0.39 is 0 Å². The maximum atomic E-state index is 11.5. The number of nitrogens with two attached hydrogens (primary N) is 1. The largest absolute Gasteiger partial charge is 0.355 e. The zero-order valence-corrected chi connectivity index (χ0v) is 8.01. The van der Waals surface area contributed by atoms with Crippen LogP contribution in [0.15, 0.2) is 0 Å². The van der Waals surface area contributed by atoms with Crippen LogP contribution in [0.4, 0.5) is 0 Å². The van der Waals surface area contributed by atoms with E-state index in [1.165, 1.54) is 6.42 Å². The quantitative estimate of drug-likeness (QED) is 0.522. The summed E-state index contributed by atoms with van der Waals surface area (Å²) in [6.07, 6.45) is 4.17. The van der Waals surface area contributed by atoms with Crippen molar-refractivity contribution in [3.8, 4) is 0 Å². The Morgan fingerprint density at radius 2 is 2.38 bits per heavy atom. The zero-order chi connectivity index (χ0) is 9.52. The van der Waals surface area contributed by atoms with Crippen LogP contribution in [-0.2, 0) is 4.79 Å². The minimum atomic E-state index is 0.0338. The molecule has 1 aliphatic rings. The van der Waals surface area contributed by atoms with Gasteiger partial charge in [-0.3, -0.25) is 4.79 Å². The molecule has 13 heavy (non-hydrogen) atoms. The minimum absolute atomic E-state index is 0.0338. The van der Waals surface area contributed by atoms with Crippen LogP contribution in [0.2, 0.25) is 0 Å². The lowest BCUT2D eigenvalue weighted by molar-refractivity contribution is -0.123. The first-order valence-corrected chi connectivity index (χ1v) is 5.06. The fraction of sp³-hybridized carbons (Fsp3) is 0.889. The molecule has 0 bridgehead atoms. The average molecular weight is 185 g/mol. The molecule has 1 saturated heterocycles. The van der Waals surface area contributed by atoms with Crippen LogP contribution in [-0.4, -0.2) is 31.6 Å². The smallest absolute Gasteiger partial charge is 0.237 e. The molecule has 0 aromatic rings. The first-order valence-electron chi connectivity index (χ1n) is 5.06. The normalized spacial score (nSPS) is 22.7. The molecule has 0 aromatic heterocycles. The summed E-state index contributed by atoms with van der Waals surface area (Å²) in [7, 11) is 0. The van der Waals surface area contributed by atoms with Crippen molar-refractivity contribution in [3.05, 3.63) is 0 Å². The lowest BCUT2D eigenvalue weighted by atomic mass is 10.0. The number of carbonyl (C=O) groups is 1. The van der Waals surface area contributed by atoms with Gasteiger partial charge in [-0.25, -0.2) is 0 Å². The number of amides is 1. The van der Waals surface area contributed by atoms with Crippen molar-refractivity contribution < 1.29 is 4.79 Å². The summed E-state index contributed by atoms with van der Waals surface area (Å²) < 4.78 is 0. The third-order valence-corrected chi connectivity index (χ3v) is 2.31. The molecular formula is C9H19N3O. The van der Waals surface area contributed by atoms with E-state index in [0.29, 0.717) is 13.1 Å². The van der Waals surface area contributed by atoms with Gasteiger partial charge in [0, 0.05) is 6.54 Å².